The summed E-state index contributed by atoms with van der Waals surface area (Å²) >= 11 is 0. The molecule has 0 saturated heterocycles. The van der Waals surface area contributed by atoms with Crippen LogP contribution < -0.4 is 0 Å². The predicted octanol–water partition coefficient (Wildman–Crippen LogP) is 0.516. The Morgan fingerprint density at radius 1 is 1.13 bits per heavy atom. The summed E-state index contributed by atoms with van der Waals surface area (Å²) in [7, 11) is -2.82. The molecule has 0 aliphatic rings. The lowest BCUT2D eigenvalue weighted by Gasteiger charge is -2.19. The van der Waals surface area contributed by atoms with E-state index in [1.165, 1.54) is 0 Å². The summed E-state index contributed by atoms with van der Waals surface area (Å²) in [6.45, 7) is 6.48. The molecule has 15 heavy (non-hydrogen) atoms. The van der Waals surface area contributed by atoms with Gasteiger partial charge in [-0.3, -0.25) is 0 Å². The first-order valence-electron chi connectivity index (χ1n) is 5.59. The quantitative estimate of drug-likeness (QED) is 0.635. The molecule has 0 aliphatic heterocycles. The molecule has 0 aliphatic carbocycles. The van der Waals surface area contributed by atoms with Gasteiger partial charge in [-0.05, 0) is 25.9 Å². The second kappa shape index (κ2) is 8.07. The third-order valence-electron chi connectivity index (χ3n) is 2.45. The van der Waals surface area contributed by atoms with E-state index in [0.717, 1.165) is 26.1 Å². The first-order chi connectivity index (χ1) is 7.05. The van der Waals surface area contributed by atoms with E-state index in [0.29, 0.717) is 6.42 Å². The molecule has 4 nitrogen and oxygen atoms in total. The van der Waals surface area contributed by atoms with Gasteiger partial charge < -0.3 is 10.0 Å². The maximum Gasteiger partial charge on any atom is 0.150 e. The van der Waals surface area contributed by atoms with Crippen LogP contribution >= 0.6 is 0 Å². The normalized spacial score (nSPS) is 12.3. The molecule has 0 unspecified atom stereocenters. The molecule has 0 atom stereocenters. The highest BCUT2D eigenvalue weighted by Crippen LogP contribution is 1.98. The van der Waals surface area contributed by atoms with Crippen LogP contribution in [0.4, 0.5) is 0 Å². The van der Waals surface area contributed by atoms with E-state index in [2.05, 4.69) is 4.90 Å². The van der Waals surface area contributed by atoms with Gasteiger partial charge in [-0.25, -0.2) is 8.42 Å². The van der Waals surface area contributed by atoms with E-state index in [1.54, 1.807) is 6.92 Å². The van der Waals surface area contributed by atoms with Crippen LogP contribution in [-0.4, -0.2) is 56.2 Å². The Morgan fingerprint density at radius 2 is 1.73 bits per heavy atom. The lowest BCUT2D eigenvalue weighted by Crippen LogP contribution is -2.27. The van der Waals surface area contributed by atoms with E-state index in [1.807, 2.05) is 6.92 Å². The Kier molecular flexibility index (Phi) is 8.00. The first-order valence-corrected chi connectivity index (χ1v) is 7.41. The third-order valence-corrected chi connectivity index (χ3v) is 4.24. The van der Waals surface area contributed by atoms with Crippen LogP contribution in [0.5, 0.6) is 0 Å². The van der Waals surface area contributed by atoms with Crippen molar-refractivity contribution >= 4 is 9.84 Å². The number of rotatable bonds is 9. The second-order valence-corrected chi connectivity index (χ2v) is 6.07. The van der Waals surface area contributed by atoms with Crippen LogP contribution in [-0.2, 0) is 9.84 Å². The summed E-state index contributed by atoms with van der Waals surface area (Å²) in [5.74, 6) is 0.509. The molecule has 0 aromatic rings. The fourth-order valence-corrected chi connectivity index (χ4v) is 2.23. The molecule has 0 heterocycles. The summed E-state index contributed by atoms with van der Waals surface area (Å²) in [5, 5.41) is 8.68. The largest absolute Gasteiger partial charge is 0.396 e. The molecule has 1 N–H and O–H groups in total. The number of sulfone groups is 1. The Labute approximate surface area is 93.2 Å². The number of hydrogen-bond acceptors (Lipinski definition) is 4. The van der Waals surface area contributed by atoms with Gasteiger partial charge in [-0.15, -0.1) is 0 Å². The van der Waals surface area contributed by atoms with Gasteiger partial charge in [0.1, 0.15) is 9.84 Å². The van der Waals surface area contributed by atoms with Crippen molar-refractivity contribution in [2.24, 2.45) is 0 Å². The van der Waals surface area contributed by atoms with E-state index < -0.39 is 9.84 Å². The maximum atomic E-state index is 11.2. The first kappa shape index (κ1) is 14.9. The molecule has 0 rings (SSSR count). The maximum absolute atomic E-state index is 11.2. The number of nitrogens with zero attached hydrogens (tertiary/aromatic N) is 1. The minimum atomic E-state index is -2.82. The number of aliphatic hydroxyl groups excluding tert-OH is 1. The van der Waals surface area contributed by atoms with Crippen molar-refractivity contribution in [2.75, 3.05) is 37.7 Å². The molecule has 0 saturated carbocycles. The Hall–Kier alpha value is -0.130. The lowest BCUT2D eigenvalue weighted by molar-refractivity contribution is 0.230. The Balaban J connectivity index is 3.72. The average molecular weight is 237 g/mol. The minimum Gasteiger partial charge on any atom is -0.396 e. The SMILES string of the molecule is CCN(CCCO)CCCS(=O)(=O)CC. The van der Waals surface area contributed by atoms with Crippen molar-refractivity contribution in [3.05, 3.63) is 0 Å². The average Bonchev–Trinajstić information content (AvgIpc) is 2.23. The van der Waals surface area contributed by atoms with Crippen molar-refractivity contribution < 1.29 is 13.5 Å². The molecule has 0 fully saturated rings. The number of hydrogen-bond donors (Lipinski definition) is 1. The highest BCUT2D eigenvalue weighted by Gasteiger charge is 2.08. The van der Waals surface area contributed by atoms with Crippen molar-refractivity contribution in [3.8, 4) is 0 Å². The fourth-order valence-electron chi connectivity index (χ4n) is 1.37. The van der Waals surface area contributed by atoms with Crippen LogP contribution in [0.3, 0.4) is 0 Å². The molecule has 0 bridgehead atoms. The molecule has 92 valence electrons. The zero-order chi connectivity index (χ0) is 11.7. The van der Waals surface area contributed by atoms with Crippen molar-refractivity contribution in [2.45, 2.75) is 26.7 Å². The van der Waals surface area contributed by atoms with Crippen molar-refractivity contribution in [3.63, 3.8) is 0 Å². The minimum absolute atomic E-state index is 0.198. The zero-order valence-electron chi connectivity index (χ0n) is 9.78. The Morgan fingerprint density at radius 3 is 2.20 bits per heavy atom. The Bertz CT molecular complexity index is 239. The summed E-state index contributed by atoms with van der Waals surface area (Å²) in [6.07, 6.45) is 1.45. The monoisotopic (exact) mass is 237 g/mol. The molecule has 0 aromatic carbocycles. The van der Waals surface area contributed by atoms with Crippen LogP contribution in [0, 0.1) is 0 Å². The molecule has 0 radical (unpaired) electrons. The van der Waals surface area contributed by atoms with Gasteiger partial charge in [-0.2, -0.15) is 0 Å². The smallest absolute Gasteiger partial charge is 0.150 e. The standard InChI is InChI=1S/C10H23NO3S/c1-3-11(7-5-9-12)8-6-10-15(13,14)4-2/h12H,3-10H2,1-2H3. The van der Waals surface area contributed by atoms with Gasteiger partial charge in [0, 0.05) is 18.9 Å². The highest BCUT2D eigenvalue weighted by atomic mass is 32.2. The van der Waals surface area contributed by atoms with E-state index in [9.17, 15) is 8.42 Å². The molecular weight excluding hydrogens is 214 g/mol. The van der Waals surface area contributed by atoms with Crippen LogP contribution in [0.2, 0.25) is 0 Å². The molecule has 5 heteroatoms. The van der Waals surface area contributed by atoms with E-state index in [4.69, 9.17) is 5.11 Å². The molecular formula is C10H23NO3S. The second-order valence-electron chi connectivity index (χ2n) is 3.60. The molecule has 0 amide bonds. The lowest BCUT2D eigenvalue weighted by atomic mass is 10.3. The van der Waals surface area contributed by atoms with Gasteiger partial charge in [-0.1, -0.05) is 13.8 Å². The highest BCUT2D eigenvalue weighted by molar-refractivity contribution is 7.91. The molecule has 0 spiro atoms. The van der Waals surface area contributed by atoms with Crippen LogP contribution in [0.25, 0.3) is 0 Å². The fraction of sp³-hybridized carbons (Fsp3) is 1.00. The van der Waals surface area contributed by atoms with E-state index >= 15 is 0 Å². The number of aliphatic hydroxyl groups is 1. The van der Waals surface area contributed by atoms with Crippen molar-refractivity contribution in [1.29, 1.82) is 0 Å². The zero-order valence-corrected chi connectivity index (χ0v) is 10.6. The van der Waals surface area contributed by atoms with Crippen LogP contribution in [0.15, 0.2) is 0 Å². The summed E-state index contributed by atoms with van der Waals surface area (Å²) in [5.41, 5.74) is 0. The van der Waals surface area contributed by atoms with Gasteiger partial charge in [0.2, 0.25) is 0 Å². The van der Waals surface area contributed by atoms with Gasteiger partial charge in [0.15, 0.2) is 0 Å². The summed E-state index contributed by atoms with van der Waals surface area (Å²) < 4.78 is 22.4. The van der Waals surface area contributed by atoms with Gasteiger partial charge in [0.25, 0.3) is 0 Å². The summed E-state index contributed by atoms with van der Waals surface area (Å²) in [4.78, 5) is 2.17. The summed E-state index contributed by atoms with van der Waals surface area (Å²) in [6, 6.07) is 0. The van der Waals surface area contributed by atoms with E-state index in [-0.39, 0.29) is 18.1 Å². The van der Waals surface area contributed by atoms with Crippen molar-refractivity contribution in [1.82, 2.24) is 4.90 Å². The molecule has 0 aromatic heterocycles. The van der Waals surface area contributed by atoms with Crippen LogP contribution in [0.1, 0.15) is 26.7 Å². The van der Waals surface area contributed by atoms with Gasteiger partial charge >= 0.3 is 0 Å². The van der Waals surface area contributed by atoms with Gasteiger partial charge in [0.05, 0.1) is 5.75 Å². The third kappa shape index (κ3) is 7.76. The topological polar surface area (TPSA) is 57.6 Å². The predicted molar refractivity (Wildman–Crippen MR) is 62.8 cm³/mol.